The van der Waals surface area contributed by atoms with Crippen LogP contribution in [-0.4, -0.2) is 8.42 Å². The Kier molecular flexibility index (Phi) is 3.14. The van der Waals surface area contributed by atoms with Crippen molar-refractivity contribution in [2.45, 2.75) is 11.8 Å². The third-order valence-corrected chi connectivity index (χ3v) is 2.97. The van der Waals surface area contributed by atoms with E-state index in [0.717, 1.165) is 0 Å². The molecule has 1 aromatic carbocycles. The Morgan fingerprint density at radius 2 is 1.85 bits per heavy atom. The van der Waals surface area contributed by atoms with Crippen molar-refractivity contribution in [1.29, 1.82) is 0 Å². The van der Waals surface area contributed by atoms with E-state index in [0.29, 0.717) is 4.90 Å². The van der Waals surface area contributed by atoms with E-state index in [4.69, 9.17) is 0 Å². The molecule has 1 aromatic rings. The van der Waals surface area contributed by atoms with E-state index in [1.54, 1.807) is 43.7 Å². The number of sulfone groups is 1. The molecule has 0 aliphatic rings. The molecule has 0 aromatic heterocycles. The molecule has 0 N–H and O–H groups in total. The molecular weight excluding hydrogens is 184 g/mol. The first-order valence-electron chi connectivity index (χ1n) is 3.93. The van der Waals surface area contributed by atoms with Crippen molar-refractivity contribution in [1.82, 2.24) is 0 Å². The van der Waals surface area contributed by atoms with Crippen molar-refractivity contribution in [3.63, 3.8) is 0 Å². The first-order valence-corrected chi connectivity index (χ1v) is 5.47. The first-order chi connectivity index (χ1) is 6.17. The van der Waals surface area contributed by atoms with Crippen LogP contribution in [0.4, 0.5) is 0 Å². The van der Waals surface area contributed by atoms with E-state index < -0.39 is 9.84 Å². The Balaban J connectivity index is 3.02. The third kappa shape index (κ3) is 2.63. The lowest BCUT2D eigenvalue weighted by molar-refractivity contribution is 0.604. The summed E-state index contributed by atoms with van der Waals surface area (Å²) < 4.78 is 23.0. The van der Waals surface area contributed by atoms with Crippen LogP contribution in [0.15, 0.2) is 46.7 Å². The molecule has 13 heavy (non-hydrogen) atoms. The van der Waals surface area contributed by atoms with E-state index in [-0.39, 0.29) is 0 Å². The number of rotatable bonds is 3. The average molecular weight is 195 g/mol. The third-order valence-electron chi connectivity index (χ3n) is 1.52. The maximum absolute atomic E-state index is 11.5. The zero-order valence-electron chi connectivity index (χ0n) is 7.34. The van der Waals surface area contributed by atoms with Gasteiger partial charge in [0.25, 0.3) is 9.84 Å². The molecule has 3 heteroatoms. The molecule has 0 bridgehead atoms. The molecule has 0 saturated carbocycles. The van der Waals surface area contributed by atoms with Crippen LogP contribution in [0.1, 0.15) is 6.92 Å². The van der Waals surface area contributed by atoms with E-state index in [1.807, 2.05) is 0 Å². The summed E-state index contributed by atoms with van der Waals surface area (Å²) in [6, 6.07) is 8.35. The van der Waals surface area contributed by atoms with E-state index in [2.05, 4.69) is 0 Å². The summed E-state index contributed by atoms with van der Waals surface area (Å²) in [6.45, 7) is 1.77. The number of hydrogen-bond donors (Lipinski definition) is 0. The fourth-order valence-corrected chi connectivity index (χ4v) is 1.93. The second-order valence-corrected chi connectivity index (χ2v) is 4.35. The predicted octanol–water partition coefficient (Wildman–Crippen LogP) is 2.20. The molecule has 0 radical (unpaired) electrons. The van der Waals surface area contributed by atoms with Gasteiger partial charge in [0.2, 0.25) is 0 Å². The van der Waals surface area contributed by atoms with E-state index >= 15 is 0 Å². The summed E-state index contributed by atoms with van der Waals surface area (Å²) in [7, 11) is -3.23. The monoisotopic (exact) mass is 195 g/mol. The summed E-state index contributed by atoms with van der Waals surface area (Å²) in [5.74, 6) is 0. The molecule has 2 nitrogen and oxygen atoms in total. The molecule has 0 unspecified atom stereocenters. The molecular formula is C10H11O2S+. The standard InChI is InChI=1S/C10H11O2S/c1-2-3-9-13(11,12)10-7-5-4-6-8-10/h2-9H,1H3/q+1/b9-3+. The molecule has 0 atom stereocenters. The fourth-order valence-electron chi connectivity index (χ4n) is 0.871. The summed E-state index contributed by atoms with van der Waals surface area (Å²) in [5, 5.41) is 1.20. The van der Waals surface area contributed by atoms with Crippen LogP contribution in [0.5, 0.6) is 0 Å². The van der Waals surface area contributed by atoms with Crippen molar-refractivity contribution in [3.05, 3.63) is 48.2 Å². The van der Waals surface area contributed by atoms with Crippen LogP contribution < -0.4 is 0 Å². The van der Waals surface area contributed by atoms with Gasteiger partial charge in [0, 0.05) is 13.3 Å². The number of hydrogen-bond acceptors (Lipinski definition) is 2. The van der Waals surface area contributed by atoms with Crippen molar-refractivity contribution in [2.24, 2.45) is 0 Å². The van der Waals surface area contributed by atoms with Gasteiger partial charge in [-0.2, -0.15) is 8.42 Å². The molecule has 68 valence electrons. The van der Waals surface area contributed by atoms with Crippen LogP contribution in [0, 0.1) is 6.42 Å². The highest BCUT2D eigenvalue weighted by molar-refractivity contribution is 7.94. The molecule has 0 saturated heterocycles. The Bertz CT molecular complexity index is 377. The summed E-state index contributed by atoms with van der Waals surface area (Å²) in [6.07, 6.45) is 3.20. The molecule has 0 fully saturated rings. The second-order valence-electron chi connectivity index (χ2n) is 2.52. The van der Waals surface area contributed by atoms with Gasteiger partial charge in [-0.1, -0.05) is 18.2 Å². The Hall–Kier alpha value is -1.22. The molecule has 0 aliphatic carbocycles. The minimum absolute atomic E-state index is 0.327. The molecule has 0 aliphatic heterocycles. The minimum atomic E-state index is -3.23. The van der Waals surface area contributed by atoms with Gasteiger partial charge >= 0.3 is 0 Å². The highest BCUT2D eigenvalue weighted by Crippen LogP contribution is 2.10. The van der Waals surface area contributed by atoms with Gasteiger partial charge < -0.3 is 0 Å². The minimum Gasteiger partial charge on any atom is -0.198 e. The summed E-state index contributed by atoms with van der Waals surface area (Å²) in [4.78, 5) is 0.327. The van der Waals surface area contributed by atoms with E-state index in [9.17, 15) is 8.42 Å². The van der Waals surface area contributed by atoms with Gasteiger partial charge in [0.1, 0.15) is 6.08 Å². The first kappa shape index (κ1) is 9.86. The Morgan fingerprint density at radius 1 is 1.23 bits per heavy atom. The van der Waals surface area contributed by atoms with Gasteiger partial charge in [-0.05, 0) is 12.1 Å². The van der Waals surface area contributed by atoms with Crippen molar-refractivity contribution < 1.29 is 8.42 Å². The maximum Gasteiger partial charge on any atom is 0.265 e. The quantitative estimate of drug-likeness (QED) is 0.693. The van der Waals surface area contributed by atoms with Crippen molar-refractivity contribution in [3.8, 4) is 0 Å². The SMILES string of the molecule is C[CH+]/C=C/S(=O)(=O)c1ccccc1. The normalized spacial score (nSPS) is 11.8. The predicted molar refractivity (Wildman–Crippen MR) is 52.7 cm³/mol. The zero-order valence-corrected chi connectivity index (χ0v) is 8.16. The zero-order chi connectivity index (χ0) is 9.73. The lowest BCUT2D eigenvalue weighted by Crippen LogP contribution is -1.94. The maximum atomic E-state index is 11.5. The molecule has 0 amide bonds. The Morgan fingerprint density at radius 3 is 2.38 bits per heavy atom. The van der Waals surface area contributed by atoms with Gasteiger partial charge in [-0.3, -0.25) is 0 Å². The average Bonchev–Trinajstić information content (AvgIpc) is 2.16. The summed E-state index contributed by atoms with van der Waals surface area (Å²) in [5.41, 5.74) is 0. The lowest BCUT2D eigenvalue weighted by Gasteiger charge is -1.92. The smallest absolute Gasteiger partial charge is 0.198 e. The lowest BCUT2D eigenvalue weighted by atomic mass is 10.4. The number of benzene rings is 1. The van der Waals surface area contributed by atoms with Crippen LogP contribution >= 0.6 is 0 Å². The van der Waals surface area contributed by atoms with E-state index in [1.165, 1.54) is 11.5 Å². The Labute approximate surface area is 78.8 Å². The highest BCUT2D eigenvalue weighted by Gasteiger charge is 2.12. The second kappa shape index (κ2) is 4.14. The van der Waals surface area contributed by atoms with Gasteiger partial charge in [0.05, 0.1) is 4.90 Å². The topological polar surface area (TPSA) is 34.1 Å². The van der Waals surface area contributed by atoms with Gasteiger partial charge in [-0.15, -0.1) is 0 Å². The summed E-state index contributed by atoms with van der Waals surface area (Å²) >= 11 is 0. The van der Waals surface area contributed by atoms with Gasteiger partial charge in [0.15, 0.2) is 5.41 Å². The van der Waals surface area contributed by atoms with Crippen LogP contribution in [0.25, 0.3) is 0 Å². The largest absolute Gasteiger partial charge is 0.265 e. The number of allylic oxidation sites excluding steroid dienone is 1. The van der Waals surface area contributed by atoms with Gasteiger partial charge in [-0.25, -0.2) is 0 Å². The molecule has 1 rings (SSSR count). The van der Waals surface area contributed by atoms with Crippen LogP contribution in [0.3, 0.4) is 0 Å². The van der Waals surface area contributed by atoms with Crippen molar-refractivity contribution in [2.75, 3.05) is 0 Å². The molecule has 0 heterocycles. The van der Waals surface area contributed by atoms with Crippen LogP contribution in [-0.2, 0) is 9.84 Å². The highest BCUT2D eigenvalue weighted by atomic mass is 32.2. The fraction of sp³-hybridized carbons (Fsp3) is 0.100. The molecule has 0 spiro atoms. The van der Waals surface area contributed by atoms with Crippen LogP contribution in [0.2, 0.25) is 0 Å². The van der Waals surface area contributed by atoms with Crippen molar-refractivity contribution >= 4 is 9.84 Å².